The van der Waals surface area contributed by atoms with E-state index in [2.05, 4.69) is 0 Å². The third-order valence-electron chi connectivity index (χ3n) is 2.49. The summed E-state index contributed by atoms with van der Waals surface area (Å²) in [5, 5.41) is 9.22. The third-order valence-corrected chi connectivity index (χ3v) is 2.49. The second-order valence-corrected chi connectivity index (χ2v) is 3.69. The van der Waals surface area contributed by atoms with E-state index in [1.165, 1.54) is 24.3 Å². The monoisotopic (exact) mass is 248 g/mol. The van der Waals surface area contributed by atoms with Crippen LogP contribution >= 0.6 is 0 Å². The van der Waals surface area contributed by atoms with Crippen LogP contribution in [0.2, 0.25) is 0 Å². The van der Waals surface area contributed by atoms with Gasteiger partial charge in [0.05, 0.1) is 13.7 Å². The maximum absolute atomic E-state index is 12.8. The topological polar surface area (TPSA) is 38.7 Å². The molecule has 0 radical (unpaired) electrons. The van der Waals surface area contributed by atoms with Gasteiger partial charge >= 0.3 is 0 Å². The van der Waals surface area contributed by atoms with Crippen LogP contribution in [-0.4, -0.2) is 12.2 Å². The fourth-order valence-corrected chi connectivity index (χ4v) is 1.52. The fourth-order valence-electron chi connectivity index (χ4n) is 1.52. The first kappa shape index (κ1) is 12.4. The molecule has 0 amide bonds. The van der Waals surface area contributed by atoms with Crippen molar-refractivity contribution < 1.29 is 19.0 Å². The Bertz CT molecular complexity index is 523. The molecule has 0 bridgehead atoms. The molecule has 2 aromatic rings. The third kappa shape index (κ3) is 2.78. The van der Waals surface area contributed by atoms with Crippen LogP contribution in [0.5, 0.6) is 17.2 Å². The van der Waals surface area contributed by atoms with E-state index in [0.717, 1.165) is 0 Å². The van der Waals surface area contributed by atoms with Crippen molar-refractivity contribution in [3.05, 3.63) is 53.8 Å². The molecule has 18 heavy (non-hydrogen) atoms. The molecule has 0 saturated carbocycles. The van der Waals surface area contributed by atoms with Crippen molar-refractivity contribution in [3.8, 4) is 17.2 Å². The molecule has 0 atom stereocenters. The van der Waals surface area contributed by atoms with E-state index in [1.54, 1.807) is 25.3 Å². The summed E-state index contributed by atoms with van der Waals surface area (Å²) in [4.78, 5) is 0. The molecule has 0 aliphatic carbocycles. The minimum Gasteiger partial charge on any atom is -0.497 e. The van der Waals surface area contributed by atoms with Gasteiger partial charge in [0.25, 0.3) is 0 Å². The predicted molar refractivity (Wildman–Crippen MR) is 65.4 cm³/mol. The summed E-state index contributed by atoms with van der Waals surface area (Å²) in [6.45, 7) is -0.138. The minimum atomic E-state index is -0.324. The number of rotatable bonds is 4. The van der Waals surface area contributed by atoms with Crippen molar-refractivity contribution in [1.82, 2.24) is 0 Å². The van der Waals surface area contributed by atoms with Gasteiger partial charge in [-0.05, 0) is 36.4 Å². The summed E-state index contributed by atoms with van der Waals surface area (Å²) in [6.07, 6.45) is 0. The average molecular weight is 248 g/mol. The molecule has 4 heteroatoms. The standard InChI is InChI=1S/C14H13FO3/c1-17-13-5-2-10(9-16)14(8-13)18-12-6-3-11(15)4-7-12/h2-8,16H,9H2,1H3. The van der Waals surface area contributed by atoms with Crippen molar-refractivity contribution in [2.75, 3.05) is 7.11 Å². The summed E-state index contributed by atoms with van der Waals surface area (Å²) in [5.74, 6) is 1.29. The van der Waals surface area contributed by atoms with Crippen LogP contribution in [0.15, 0.2) is 42.5 Å². The zero-order valence-electron chi connectivity index (χ0n) is 9.89. The van der Waals surface area contributed by atoms with E-state index >= 15 is 0 Å². The van der Waals surface area contributed by atoms with Gasteiger partial charge in [-0.1, -0.05) is 0 Å². The Labute approximate surface area is 104 Å². The number of ether oxygens (including phenoxy) is 2. The van der Waals surface area contributed by atoms with Gasteiger partial charge in [-0.3, -0.25) is 0 Å². The summed E-state index contributed by atoms with van der Waals surface area (Å²) in [5.41, 5.74) is 0.639. The van der Waals surface area contributed by atoms with Gasteiger partial charge in [0, 0.05) is 11.6 Å². The number of methoxy groups -OCH3 is 1. The van der Waals surface area contributed by atoms with Crippen molar-refractivity contribution in [1.29, 1.82) is 0 Å². The largest absolute Gasteiger partial charge is 0.497 e. The lowest BCUT2D eigenvalue weighted by Crippen LogP contribution is -1.93. The van der Waals surface area contributed by atoms with E-state index in [0.29, 0.717) is 22.8 Å². The predicted octanol–water partition coefficient (Wildman–Crippen LogP) is 3.12. The molecule has 0 spiro atoms. The Hall–Kier alpha value is -2.07. The van der Waals surface area contributed by atoms with Crippen LogP contribution < -0.4 is 9.47 Å². The molecule has 2 aromatic carbocycles. The fraction of sp³-hybridized carbons (Fsp3) is 0.143. The lowest BCUT2D eigenvalue weighted by molar-refractivity contribution is 0.276. The molecular weight excluding hydrogens is 235 g/mol. The quantitative estimate of drug-likeness (QED) is 0.903. The van der Waals surface area contributed by atoms with E-state index < -0.39 is 0 Å². The normalized spacial score (nSPS) is 10.2. The molecule has 0 fully saturated rings. The lowest BCUT2D eigenvalue weighted by Gasteiger charge is -2.11. The number of halogens is 1. The Morgan fingerprint density at radius 3 is 2.33 bits per heavy atom. The Kier molecular flexibility index (Phi) is 3.79. The van der Waals surface area contributed by atoms with E-state index in [9.17, 15) is 9.50 Å². The Morgan fingerprint density at radius 2 is 1.72 bits per heavy atom. The van der Waals surface area contributed by atoms with Gasteiger partial charge in [-0.2, -0.15) is 0 Å². The summed E-state index contributed by atoms with van der Waals surface area (Å²) in [6, 6.07) is 10.8. The molecule has 0 aliphatic heterocycles. The second-order valence-electron chi connectivity index (χ2n) is 3.69. The highest BCUT2D eigenvalue weighted by Gasteiger charge is 2.06. The zero-order chi connectivity index (χ0) is 13.0. The van der Waals surface area contributed by atoms with Gasteiger partial charge in [-0.15, -0.1) is 0 Å². The molecule has 2 rings (SSSR count). The summed E-state index contributed by atoms with van der Waals surface area (Å²) < 4.78 is 23.5. The number of hydrogen-bond acceptors (Lipinski definition) is 3. The highest BCUT2D eigenvalue weighted by atomic mass is 19.1. The van der Waals surface area contributed by atoms with Crippen LogP contribution in [0, 0.1) is 5.82 Å². The maximum atomic E-state index is 12.8. The second kappa shape index (κ2) is 5.51. The molecule has 0 aromatic heterocycles. The Balaban J connectivity index is 2.29. The SMILES string of the molecule is COc1ccc(CO)c(Oc2ccc(F)cc2)c1. The van der Waals surface area contributed by atoms with Crippen LogP contribution in [-0.2, 0) is 6.61 Å². The first-order valence-electron chi connectivity index (χ1n) is 5.44. The van der Waals surface area contributed by atoms with Crippen LogP contribution in [0.25, 0.3) is 0 Å². The molecule has 0 saturated heterocycles. The highest BCUT2D eigenvalue weighted by Crippen LogP contribution is 2.29. The molecule has 3 nitrogen and oxygen atoms in total. The molecule has 0 heterocycles. The number of aliphatic hydroxyl groups is 1. The Morgan fingerprint density at radius 1 is 1.06 bits per heavy atom. The molecule has 1 N–H and O–H groups in total. The summed E-state index contributed by atoms with van der Waals surface area (Å²) >= 11 is 0. The van der Waals surface area contributed by atoms with Crippen molar-refractivity contribution in [3.63, 3.8) is 0 Å². The first-order chi connectivity index (χ1) is 8.72. The number of hydrogen-bond donors (Lipinski definition) is 1. The van der Waals surface area contributed by atoms with Gasteiger partial charge < -0.3 is 14.6 Å². The number of benzene rings is 2. The molecular formula is C14H13FO3. The van der Waals surface area contributed by atoms with Crippen molar-refractivity contribution in [2.24, 2.45) is 0 Å². The van der Waals surface area contributed by atoms with Gasteiger partial charge in [0.15, 0.2) is 0 Å². The van der Waals surface area contributed by atoms with Gasteiger partial charge in [-0.25, -0.2) is 4.39 Å². The molecule has 0 aliphatic rings. The average Bonchev–Trinajstić information content (AvgIpc) is 2.41. The van der Waals surface area contributed by atoms with Gasteiger partial charge in [0.1, 0.15) is 23.1 Å². The van der Waals surface area contributed by atoms with E-state index in [-0.39, 0.29) is 12.4 Å². The van der Waals surface area contributed by atoms with Gasteiger partial charge in [0.2, 0.25) is 0 Å². The van der Waals surface area contributed by atoms with E-state index in [1.807, 2.05) is 0 Å². The van der Waals surface area contributed by atoms with E-state index in [4.69, 9.17) is 9.47 Å². The lowest BCUT2D eigenvalue weighted by atomic mass is 10.2. The van der Waals surface area contributed by atoms with Crippen LogP contribution in [0.4, 0.5) is 4.39 Å². The summed E-state index contributed by atoms with van der Waals surface area (Å²) in [7, 11) is 1.55. The van der Waals surface area contributed by atoms with Crippen LogP contribution in [0.3, 0.4) is 0 Å². The molecule has 0 unspecified atom stereocenters. The van der Waals surface area contributed by atoms with Crippen molar-refractivity contribution >= 4 is 0 Å². The van der Waals surface area contributed by atoms with Crippen LogP contribution in [0.1, 0.15) is 5.56 Å². The number of aliphatic hydroxyl groups excluding tert-OH is 1. The highest BCUT2D eigenvalue weighted by molar-refractivity contribution is 5.43. The maximum Gasteiger partial charge on any atom is 0.136 e. The first-order valence-corrected chi connectivity index (χ1v) is 5.44. The van der Waals surface area contributed by atoms with Crippen molar-refractivity contribution in [2.45, 2.75) is 6.61 Å². The zero-order valence-corrected chi connectivity index (χ0v) is 9.89. The minimum absolute atomic E-state index is 0.138. The molecule has 94 valence electrons. The smallest absolute Gasteiger partial charge is 0.136 e.